The lowest BCUT2D eigenvalue weighted by Gasteiger charge is -2.01. The molecule has 0 aliphatic carbocycles. The van der Waals surface area contributed by atoms with Crippen LogP contribution in [0, 0.1) is 20.2 Å². The second kappa shape index (κ2) is 6.89. The highest BCUT2D eigenvalue weighted by molar-refractivity contribution is 5.96. The zero-order valence-electron chi connectivity index (χ0n) is 11.6. The minimum atomic E-state index is -0.809. The Kier molecular flexibility index (Phi) is 4.72. The number of nitro benzene ring substituents is 2. The summed E-state index contributed by atoms with van der Waals surface area (Å²) < 4.78 is 0. The molecule has 0 fully saturated rings. The van der Waals surface area contributed by atoms with E-state index < -0.39 is 27.1 Å². The quantitative estimate of drug-likeness (QED) is 0.514. The number of nitrogens with zero attached hydrogens (tertiary/aromatic N) is 3. The van der Waals surface area contributed by atoms with Gasteiger partial charge in [-0.25, -0.2) is 5.43 Å². The van der Waals surface area contributed by atoms with Gasteiger partial charge in [0, 0.05) is 12.1 Å². The summed E-state index contributed by atoms with van der Waals surface area (Å²) in [7, 11) is 0. The second-order valence-electron chi connectivity index (χ2n) is 4.36. The maximum atomic E-state index is 11.9. The molecule has 0 bridgehead atoms. The molecule has 0 saturated heterocycles. The third kappa shape index (κ3) is 4.17. The minimum absolute atomic E-state index is 0.226. The third-order valence-electron chi connectivity index (χ3n) is 2.77. The van der Waals surface area contributed by atoms with Crippen LogP contribution in [-0.2, 0) is 0 Å². The van der Waals surface area contributed by atoms with Gasteiger partial charge in [-0.3, -0.25) is 25.0 Å². The Bertz CT molecular complexity index is 757. The van der Waals surface area contributed by atoms with Crippen LogP contribution >= 0.6 is 0 Å². The van der Waals surface area contributed by atoms with Crippen molar-refractivity contribution in [2.45, 2.75) is 0 Å². The number of hydrogen-bond acceptors (Lipinski definition) is 6. The van der Waals surface area contributed by atoms with E-state index in [1.807, 2.05) is 6.07 Å². The van der Waals surface area contributed by atoms with Gasteiger partial charge in [0.1, 0.15) is 0 Å². The van der Waals surface area contributed by atoms with E-state index >= 15 is 0 Å². The van der Waals surface area contributed by atoms with Crippen molar-refractivity contribution in [2.24, 2.45) is 5.10 Å². The maximum absolute atomic E-state index is 11.9. The van der Waals surface area contributed by atoms with Crippen LogP contribution < -0.4 is 5.43 Å². The van der Waals surface area contributed by atoms with Crippen molar-refractivity contribution in [3.63, 3.8) is 0 Å². The Morgan fingerprint density at radius 2 is 1.57 bits per heavy atom. The average molecular weight is 314 g/mol. The number of nitro groups is 2. The standard InChI is InChI=1S/C14H10N4O5/c19-14(16-15-9-10-4-2-1-3-5-10)11-6-12(17(20)21)8-13(7-11)18(22)23/h1-9H,(H,16,19)/b15-9+. The largest absolute Gasteiger partial charge is 0.277 e. The molecule has 0 aliphatic heterocycles. The SMILES string of the molecule is O=C(N/N=C/c1ccccc1)c1cc([N+](=O)[O-])cc([N+](=O)[O-])c1. The van der Waals surface area contributed by atoms with Crippen molar-refractivity contribution in [1.82, 2.24) is 5.43 Å². The van der Waals surface area contributed by atoms with E-state index in [9.17, 15) is 25.0 Å². The molecule has 0 saturated carbocycles. The van der Waals surface area contributed by atoms with Gasteiger partial charge in [-0.05, 0) is 5.56 Å². The van der Waals surface area contributed by atoms with E-state index in [0.717, 1.165) is 23.8 Å². The number of carbonyl (C=O) groups excluding carboxylic acids is 1. The van der Waals surface area contributed by atoms with E-state index in [2.05, 4.69) is 10.5 Å². The van der Waals surface area contributed by atoms with Gasteiger partial charge in [0.25, 0.3) is 17.3 Å². The van der Waals surface area contributed by atoms with Gasteiger partial charge in [0.2, 0.25) is 0 Å². The average Bonchev–Trinajstić information content (AvgIpc) is 2.55. The molecule has 0 unspecified atom stereocenters. The Morgan fingerprint density at radius 3 is 2.09 bits per heavy atom. The summed E-state index contributed by atoms with van der Waals surface area (Å²) in [5.74, 6) is -0.788. The molecule has 0 atom stereocenters. The summed E-state index contributed by atoms with van der Waals surface area (Å²) in [6, 6.07) is 11.6. The van der Waals surface area contributed by atoms with Crippen LogP contribution in [0.15, 0.2) is 53.6 Å². The van der Waals surface area contributed by atoms with Crippen LogP contribution in [0.3, 0.4) is 0 Å². The first-order chi connectivity index (χ1) is 11.0. The zero-order valence-corrected chi connectivity index (χ0v) is 11.6. The van der Waals surface area contributed by atoms with Gasteiger partial charge < -0.3 is 0 Å². The van der Waals surface area contributed by atoms with Crippen molar-refractivity contribution in [2.75, 3.05) is 0 Å². The first-order valence-corrected chi connectivity index (χ1v) is 6.29. The fraction of sp³-hybridized carbons (Fsp3) is 0. The Morgan fingerprint density at radius 1 is 1.00 bits per heavy atom. The summed E-state index contributed by atoms with van der Waals surface area (Å²) >= 11 is 0. The second-order valence-corrected chi connectivity index (χ2v) is 4.36. The predicted molar refractivity (Wildman–Crippen MR) is 81.3 cm³/mol. The first kappa shape index (κ1) is 15.8. The molecule has 1 N–H and O–H groups in total. The minimum Gasteiger partial charge on any atom is -0.267 e. The van der Waals surface area contributed by atoms with E-state index in [1.54, 1.807) is 24.3 Å². The fourth-order valence-electron chi connectivity index (χ4n) is 1.71. The number of rotatable bonds is 5. The van der Waals surface area contributed by atoms with Gasteiger partial charge in [-0.1, -0.05) is 30.3 Å². The fourth-order valence-corrected chi connectivity index (χ4v) is 1.71. The monoisotopic (exact) mass is 314 g/mol. The van der Waals surface area contributed by atoms with Crippen LogP contribution in [0.4, 0.5) is 11.4 Å². The number of amides is 1. The van der Waals surface area contributed by atoms with Crippen molar-refractivity contribution in [3.8, 4) is 0 Å². The molecule has 2 aromatic rings. The molecule has 2 aromatic carbocycles. The molecular formula is C14H10N4O5. The first-order valence-electron chi connectivity index (χ1n) is 6.29. The molecule has 0 radical (unpaired) electrons. The molecule has 0 aliphatic rings. The molecular weight excluding hydrogens is 304 g/mol. The lowest BCUT2D eigenvalue weighted by molar-refractivity contribution is -0.394. The van der Waals surface area contributed by atoms with Crippen LogP contribution in [0.2, 0.25) is 0 Å². The molecule has 0 heterocycles. The summed E-state index contributed by atoms with van der Waals surface area (Å²) in [6.45, 7) is 0. The maximum Gasteiger partial charge on any atom is 0.277 e. The van der Waals surface area contributed by atoms with Crippen molar-refractivity contribution >= 4 is 23.5 Å². The molecule has 1 amide bonds. The summed E-state index contributed by atoms with van der Waals surface area (Å²) in [6.07, 6.45) is 1.38. The van der Waals surface area contributed by atoms with E-state index in [-0.39, 0.29) is 5.56 Å². The highest BCUT2D eigenvalue weighted by Gasteiger charge is 2.19. The number of hydrogen-bond donors (Lipinski definition) is 1. The number of benzene rings is 2. The summed E-state index contributed by atoms with van der Waals surface area (Å²) in [5.41, 5.74) is 1.58. The lowest BCUT2D eigenvalue weighted by atomic mass is 10.1. The van der Waals surface area contributed by atoms with E-state index in [1.165, 1.54) is 6.21 Å². The molecule has 9 nitrogen and oxygen atoms in total. The van der Waals surface area contributed by atoms with Crippen LogP contribution in [0.25, 0.3) is 0 Å². The van der Waals surface area contributed by atoms with Crippen LogP contribution in [-0.4, -0.2) is 22.0 Å². The highest BCUT2D eigenvalue weighted by atomic mass is 16.6. The number of non-ortho nitro benzene ring substituents is 2. The van der Waals surface area contributed by atoms with Crippen LogP contribution in [0.1, 0.15) is 15.9 Å². The van der Waals surface area contributed by atoms with Crippen LogP contribution in [0.5, 0.6) is 0 Å². The summed E-state index contributed by atoms with van der Waals surface area (Å²) in [4.78, 5) is 31.8. The van der Waals surface area contributed by atoms with E-state index in [4.69, 9.17) is 0 Å². The van der Waals surface area contributed by atoms with Crippen molar-refractivity contribution < 1.29 is 14.6 Å². The van der Waals surface area contributed by atoms with Gasteiger partial charge in [0.15, 0.2) is 0 Å². The molecule has 0 aromatic heterocycles. The Labute approximate surface area is 129 Å². The zero-order chi connectivity index (χ0) is 16.8. The van der Waals surface area contributed by atoms with Crippen molar-refractivity contribution in [1.29, 1.82) is 0 Å². The third-order valence-corrected chi connectivity index (χ3v) is 2.77. The topological polar surface area (TPSA) is 128 Å². The number of carbonyl (C=O) groups is 1. The van der Waals surface area contributed by atoms with Gasteiger partial charge in [-0.15, -0.1) is 0 Å². The number of hydrazone groups is 1. The predicted octanol–water partition coefficient (Wildman–Crippen LogP) is 2.27. The molecule has 2 rings (SSSR count). The molecule has 116 valence electrons. The molecule has 0 spiro atoms. The normalized spacial score (nSPS) is 10.4. The lowest BCUT2D eigenvalue weighted by Crippen LogP contribution is -2.18. The van der Waals surface area contributed by atoms with E-state index in [0.29, 0.717) is 0 Å². The van der Waals surface area contributed by atoms with Gasteiger partial charge in [0.05, 0.1) is 27.7 Å². The smallest absolute Gasteiger partial charge is 0.267 e. The van der Waals surface area contributed by atoms with Gasteiger partial charge in [-0.2, -0.15) is 5.10 Å². The highest BCUT2D eigenvalue weighted by Crippen LogP contribution is 2.22. The Balaban J connectivity index is 2.20. The number of nitrogens with one attached hydrogen (secondary N) is 1. The molecule has 9 heteroatoms. The Hall–Kier alpha value is -3.62. The molecule has 23 heavy (non-hydrogen) atoms. The van der Waals surface area contributed by atoms with Gasteiger partial charge >= 0.3 is 0 Å². The summed E-state index contributed by atoms with van der Waals surface area (Å²) in [5, 5.41) is 25.2. The van der Waals surface area contributed by atoms with Crippen molar-refractivity contribution in [3.05, 3.63) is 79.9 Å².